The van der Waals surface area contributed by atoms with Gasteiger partial charge in [0.25, 0.3) is 0 Å². The summed E-state index contributed by atoms with van der Waals surface area (Å²) in [6.07, 6.45) is 0. The number of halogens is 2. The van der Waals surface area contributed by atoms with E-state index in [-0.39, 0.29) is 5.56 Å². The van der Waals surface area contributed by atoms with E-state index in [0.29, 0.717) is 5.56 Å². The fraction of sp³-hybridized carbons (Fsp3) is 0.250. The first kappa shape index (κ1) is 13.7. The molecule has 0 heterocycles. The lowest BCUT2D eigenvalue weighted by molar-refractivity contribution is 0.0977. The summed E-state index contributed by atoms with van der Waals surface area (Å²) < 4.78 is 26.7. The fourth-order valence-electron chi connectivity index (χ4n) is 2.08. The Morgan fingerprint density at radius 2 is 1.63 bits per heavy atom. The number of benzene rings is 2. The maximum Gasteiger partial charge on any atom is 0.132 e. The van der Waals surface area contributed by atoms with Gasteiger partial charge in [-0.1, -0.05) is 18.2 Å². The van der Waals surface area contributed by atoms with Gasteiger partial charge >= 0.3 is 0 Å². The van der Waals surface area contributed by atoms with Gasteiger partial charge in [0.15, 0.2) is 0 Å². The predicted octanol–water partition coefficient (Wildman–Crippen LogP) is 3.84. The van der Waals surface area contributed by atoms with Gasteiger partial charge in [-0.2, -0.15) is 0 Å². The van der Waals surface area contributed by atoms with Crippen molar-refractivity contribution in [1.29, 1.82) is 0 Å². The van der Waals surface area contributed by atoms with Gasteiger partial charge in [0.1, 0.15) is 17.2 Å². The number of aliphatic hydroxyl groups is 1. The smallest absolute Gasteiger partial charge is 0.132 e. The van der Waals surface area contributed by atoms with E-state index < -0.39 is 17.2 Å². The lowest BCUT2D eigenvalue weighted by atomic mass is 9.86. The zero-order chi connectivity index (χ0) is 14.2. The molecule has 2 aromatic carbocycles. The minimum absolute atomic E-state index is 0.0668. The molecular formula is C16H16F2O. The molecule has 0 aromatic heterocycles. The van der Waals surface area contributed by atoms with Gasteiger partial charge in [-0.3, -0.25) is 0 Å². The maximum atomic E-state index is 13.8. The van der Waals surface area contributed by atoms with E-state index in [2.05, 4.69) is 0 Å². The number of aryl methyl sites for hydroxylation is 2. The molecule has 0 radical (unpaired) electrons. The molecule has 0 amide bonds. The van der Waals surface area contributed by atoms with Crippen molar-refractivity contribution in [3.05, 3.63) is 70.3 Å². The van der Waals surface area contributed by atoms with Crippen LogP contribution in [0, 0.1) is 25.5 Å². The Labute approximate surface area is 111 Å². The van der Waals surface area contributed by atoms with Crippen molar-refractivity contribution in [3.63, 3.8) is 0 Å². The molecule has 3 heteroatoms. The first-order valence-corrected chi connectivity index (χ1v) is 6.08. The highest BCUT2D eigenvalue weighted by Gasteiger charge is 2.29. The molecule has 1 N–H and O–H groups in total. The zero-order valence-electron chi connectivity index (χ0n) is 11.2. The van der Waals surface area contributed by atoms with Crippen LogP contribution in [0.4, 0.5) is 8.78 Å². The second kappa shape index (κ2) is 4.74. The Balaban J connectivity index is 2.54. The summed E-state index contributed by atoms with van der Waals surface area (Å²) in [5.74, 6) is -1.40. The van der Waals surface area contributed by atoms with E-state index in [1.165, 1.54) is 13.0 Å². The van der Waals surface area contributed by atoms with Crippen molar-refractivity contribution in [1.82, 2.24) is 0 Å². The van der Waals surface area contributed by atoms with Crippen molar-refractivity contribution in [3.8, 4) is 0 Å². The molecule has 100 valence electrons. The molecule has 1 nitrogen and oxygen atoms in total. The first-order chi connectivity index (χ1) is 8.82. The monoisotopic (exact) mass is 262 g/mol. The highest BCUT2D eigenvalue weighted by Crippen LogP contribution is 2.32. The van der Waals surface area contributed by atoms with E-state index in [4.69, 9.17) is 0 Å². The standard InChI is InChI=1S/C16H16F2O/c1-10-4-5-12(8-11(10)2)16(3,19)14-7-6-13(17)9-15(14)18/h4-9,19H,1-3H3. The molecule has 0 aliphatic carbocycles. The van der Waals surface area contributed by atoms with Crippen LogP contribution in [-0.2, 0) is 5.60 Å². The molecule has 0 spiro atoms. The maximum absolute atomic E-state index is 13.8. The fourth-order valence-corrected chi connectivity index (χ4v) is 2.08. The van der Waals surface area contributed by atoms with Gasteiger partial charge in [0.2, 0.25) is 0 Å². The summed E-state index contributed by atoms with van der Waals surface area (Å²) >= 11 is 0. The summed E-state index contributed by atoms with van der Waals surface area (Å²) in [5.41, 5.74) is 1.27. The van der Waals surface area contributed by atoms with Gasteiger partial charge in [0.05, 0.1) is 0 Å². The topological polar surface area (TPSA) is 20.2 Å². The van der Waals surface area contributed by atoms with Crippen LogP contribution in [0.25, 0.3) is 0 Å². The number of hydrogen-bond donors (Lipinski definition) is 1. The summed E-state index contributed by atoms with van der Waals surface area (Å²) in [5, 5.41) is 10.6. The van der Waals surface area contributed by atoms with Crippen LogP contribution in [0.3, 0.4) is 0 Å². The van der Waals surface area contributed by atoms with Gasteiger partial charge in [0, 0.05) is 11.6 Å². The van der Waals surface area contributed by atoms with Crippen molar-refractivity contribution in [2.24, 2.45) is 0 Å². The molecule has 1 unspecified atom stereocenters. The summed E-state index contributed by atoms with van der Waals surface area (Å²) in [7, 11) is 0. The van der Waals surface area contributed by atoms with Crippen LogP contribution in [0.2, 0.25) is 0 Å². The van der Waals surface area contributed by atoms with E-state index in [1.807, 2.05) is 26.0 Å². The molecule has 0 bridgehead atoms. The van der Waals surface area contributed by atoms with Gasteiger partial charge in [-0.15, -0.1) is 0 Å². The number of rotatable bonds is 2. The average molecular weight is 262 g/mol. The Hall–Kier alpha value is -1.74. The molecule has 0 saturated heterocycles. The summed E-state index contributed by atoms with van der Waals surface area (Å²) in [4.78, 5) is 0. The van der Waals surface area contributed by atoms with Crippen LogP contribution < -0.4 is 0 Å². The minimum Gasteiger partial charge on any atom is -0.381 e. The third kappa shape index (κ3) is 2.51. The molecule has 0 saturated carbocycles. The van der Waals surface area contributed by atoms with E-state index in [9.17, 15) is 13.9 Å². The third-order valence-corrected chi connectivity index (χ3v) is 3.52. The summed E-state index contributed by atoms with van der Waals surface area (Å²) in [6.45, 7) is 5.40. The van der Waals surface area contributed by atoms with Gasteiger partial charge < -0.3 is 5.11 Å². The minimum atomic E-state index is -1.49. The first-order valence-electron chi connectivity index (χ1n) is 6.08. The van der Waals surface area contributed by atoms with Crippen LogP contribution in [-0.4, -0.2) is 5.11 Å². The molecular weight excluding hydrogens is 246 g/mol. The van der Waals surface area contributed by atoms with Crippen molar-refractivity contribution < 1.29 is 13.9 Å². The third-order valence-electron chi connectivity index (χ3n) is 3.52. The number of hydrogen-bond acceptors (Lipinski definition) is 1. The predicted molar refractivity (Wildman–Crippen MR) is 70.9 cm³/mol. The molecule has 0 fully saturated rings. The largest absolute Gasteiger partial charge is 0.381 e. The van der Waals surface area contributed by atoms with Crippen molar-refractivity contribution in [2.45, 2.75) is 26.4 Å². The van der Waals surface area contributed by atoms with E-state index in [1.54, 1.807) is 6.07 Å². The highest BCUT2D eigenvalue weighted by molar-refractivity contribution is 5.40. The zero-order valence-corrected chi connectivity index (χ0v) is 11.2. The van der Waals surface area contributed by atoms with Crippen molar-refractivity contribution in [2.75, 3.05) is 0 Å². The molecule has 1 atom stereocenters. The quantitative estimate of drug-likeness (QED) is 0.872. The SMILES string of the molecule is Cc1ccc(C(C)(O)c2ccc(F)cc2F)cc1C. The second-order valence-electron chi connectivity index (χ2n) is 5.00. The van der Waals surface area contributed by atoms with E-state index in [0.717, 1.165) is 23.3 Å². The molecule has 0 aliphatic heterocycles. The second-order valence-corrected chi connectivity index (χ2v) is 5.00. The summed E-state index contributed by atoms with van der Waals surface area (Å²) in [6, 6.07) is 8.66. The normalized spacial score (nSPS) is 14.2. The molecule has 19 heavy (non-hydrogen) atoms. The Morgan fingerprint density at radius 1 is 0.947 bits per heavy atom. The van der Waals surface area contributed by atoms with Crippen LogP contribution >= 0.6 is 0 Å². The molecule has 2 rings (SSSR count). The van der Waals surface area contributed by atoms with Crippen molar-refractivity contribution >= 4 is 0 Å². The van der Waals surface area contributed by atoms with Crippen LogP contribution in [0.5, 0.6) is 0 Å². The van der Waals surface area contributed by atoms with Crippen LogP contribution in [0.1, 0.15) is 29.2 Å². The van der Waals surface area contributed by atoms with E-state index >= 15 is 0 Å². The lowest BCUT2D eigenvalue weighted by Gasteiger charge is -2.25. The Bertz CT molecular complexity index is 618. The highest BCUT2D eigenvalue weighted by atomic mass is 19.1. The lowest BCUT2D eigenvalue weighted by Crippen LogP contribution is -2.24. The van der Waals surface area contributed by atoms with Gasteiger partial charge in [-0.05, 0) is 49.6 Å². The Kier molecular flexibility index (Phi) is 3.42. The molecule has 0 aliphatic rings. The average Bonchev–Trinajstić information content (AvgIpc) is 2.32. The Morgan fingerprint density at radius 3 is 2.21 bits per heavy atom. The van der Waals surface area contributed by atoms with Gasteiger partial charge in [-0.25, -0.2) is 8.78 Å². The molecule has 2 aromatic rings. The van der Waals surface area contributed by atoms with Crippen LogP contribution in [0.15, 0.2) is 36.4 Å².